The minimum atomic E-state index is -0.952. The Balaban J connectivity index is 2.73. The third-order valence-electron chi connectivity index (χ3n) is 1.70. The first-order chi connectivity index (χ1) is 7.16. The molecule has 0 aromatic heterocycles. The minimum absolute atomic E-state index is 0.151. The molecule has 1 aromatic rings. The number of benzene rings is 1. The van der Waals surface area contributed by atoms with Crippen LogP contribution < -0.4 is 0 Å². The predicted octanol–water partition coefficient (Wildman–Crippen LogP) is 1.86. The number of carbonyl (C=O) groups excluding carboxylic acids is 1. The lowest BCUT2D eigenvalue weighted by atomic mass is 10.2. The van der Waals surface area contributed by atoms with E-state index in [1.807, 2.05) is 0 Å². The van der Waals surface area contributed by atoms with Crippen molar-refractivity contribution in [1.29, 1.82) is 5.41 Å². The number of hydrogen-bond donors (Lipinski definition) is 2. The fourth-order valence-electron chi connectivity index (χ4n) is 0.994. The molecule has 1 aromatic carbocycles. The van der Waals surface area contributed by atoms with Crippen LogP contribution in [0.5, 0.6) is 0 Å². The van der Waals surface area contributed by atoms with E-state index in [0.717, 1.165) is 0 Å². The van der Waals surface area contributed by atoms with Gasteiger partial charge in [-0.25, -0.2) is 4.79 Å². The molecule has 0 bridgehead atoms. The molecular weight excluding hydrogens is 196 g/mol. The topological polar surface area (TPSA) is 73.6 Å². The predicted molar refractivity (Wildman–Crippen MR) is 53.9 cm³/mol. The van der Waals surface area contributed by atoms with Gasteiger partial charge in [-0.05, 0) is 6.92 Å². The lowest BCUT2D eigenvalue weighted by molar-refractivity contribution is -0.0138. The van der Waals surface area contributed by atoms with Crippen molar-refractivity contribution < 1.29 is 14.7 Å². The maximum absolute atomic E-state index is 11.1. The number of carbonyl (C=O) groups is 1. The molecule has 0 saturated carbocycles. The molecule has 0 atom stereocenters. The van der Waals surface area contributed by atoms with E-state index >= 15 is 0 Å². The first-order valence-electron chi connectivity index (χ1n) is 4.46. The van der Waals surface area contributed by atoms with E-state index < -0.39 is 6.09 Å². The monoisotopic (exact) mass is 208 g/mol. The summed E-state index contributed by atoms with van der Waals surface area (Å²) in [5, 5.41) is 17.0. The summed E-state index contributed by atoms with van der Waals surface area (Å²) in [5.41, 5.74) is 0.438. The number of nitrogens with zero attached hydrogens (tertiary/aromatic N) is 1. The van der Waals surface area contributed by atoms with Gasteiger partial charge in [0.1, 0.15) is 0 Å². The van der Waals surface area contributed by atoms with Crippen molar-refractivity contribution in [2.24, 2.45) is 0 Å². The van der Waals surface area contributed by atoms with E-state index in [2.05, 4.69) is 4.74 Å². The molecule has 0 heterocycles. The van der Waals surface area contributed by atoms with Crippen molar-refractivity contribution in [3.05, 3.63) is 35.9 Å². The highest BCUT2D eigenvalue weighted by Crippen LogP contribution is 2.03. The molecule has 2 N–H and O–H groups in total. The van der Waals surface area contributed by atoms with E-state index in [1.54, 1.807) is 37.3 Å². The smallest absolute Gasteiger partial charge is 0.440 e. The van der Waals surface area contributed by atoms with Crippen LogP contribution in [-0.4, -0.2) is 28.8 Å². The first kappa shape index (κ1) is 11.2. The molecule has 0 unspecified atom stereocenters. The Hall–Kier alpha value is -1.88. The second-order valence-corrected chi connectivity index (χ2v) is 2.73. The van der Waals surface area contributed by atoms with E-state index in [1.165, 1.54) is 0 Å². The summed E-state index contributed by atoms with van der Waals surface area (Å²) in [6.07, 6.45) is -0.952. The Kier molecular flexibility index (Phi) is 3.82. The lowest BCUT2D eigenvalue weighted by Gasteiger charge is -2.14. The van der Waals surface area contributed by atoms with E-state index in [4.69, 9.17) is 5.41 Å². The number of amidine groups is 1. The molecule has 80 valence electrons. The van der Waals surface area contributed by atoms with Crippen LogP contribution in [0.1, 0.15) is 12.5 Å². The molecule has 0 spiro atoms. The van der Waals surface area contributed by atoms with Gasteiger partial charge in [0.2, 0.25) is 0 Å². The van der Waals surface area contributed by atoms with Crippen LogP contribution in [-0.2, 0) is 4.74 Å². The Morgan fingerprint density at radius 3 is 2.60 bits per heavy atom. The Morgan fingerprint density at radius 2 is 2.07 bits per heavy atom. The zero-order valence-corrected chi connectivity index (χ0v) is 8.30. The van der Waals surface area contributed by atoms with Gasteiger partial charge in [-0.3, -0.25) is 10.6 Å². The molecule has 5 nitrogen and oxygen atoms in total. The molecular formula is C10H12N2O3. The van der Waals surface area contributed by atoms with Crippen molar-refractivity contribution in [2.45, 2.75) is 6.92 Å². The number of rotatable bonds is 2. The van der Waals surface area contributed by atoms with Crippen molar-refractivity contribution in [3.63, 3.8) is 0 Å². The maximum atomic E-state index is 11.1. The third kappa shape index (κ3) is 2.78. The van der Waals surface area contributed by atoms with Crippen molar-refractivity contribution in [1.82, 2.24) is 5.06 Å². The van der Waals surface area contributed by atoms with Crippen LogP contribution in [0.25, 0.3) is 0 Å². The summed E-state index contributed by atoms with van der Waals surface area (Å²) in [5.74, 6) is -0.311. The molecule has 5 heteroatoms. The highest BCUT2D eigenvalue weighted by Gasteiger charge is 2.18. The van der Waals surface area contributed by atoms with E-state index in [9.17, 15) is 10.0 Å². The van der Waals surface area contributed by atoms with E-state index in [0.29, 0.717) is 5.56 Å². The first-order valence-corrected chi connectivity index (χ1v) is 4.46. The van der Waals surface area contributed by atoms with Crippen LogP contribution >= 0.6 is 0 Å². The van der Waals surface area contributed by atoms with Gasteiger partial charge in [0.05, 0.1) is 6.61 Å². The van der Waals surface area contributed by atoms with Gasteiger partial charge in [0.25, 0.3) is 0 Å². The highest BCUT2D eigenvalue weighted by molar-refractivity contribution is 6.03. The minimum Gasteiger partial charge on any atom is -0.448 e. The number of ether oxygens (including phenoxy) is 1. The lowest BCUT2D eigenvalue weighted by Crippen LogP contribution is -2.34. The average Bonchev–Trinajstić information content (AvgIpc) is 2.28. The zero-order valence-electron chi connectivity index (χ0n) is 8.30. The molecule has 1 rings (SSSR count). The van der Waals surface area contributed by atoms with Crippen LogP contribution in [0.4, 0.5) is 4.79 Å². The highest BCUT2D eigenvalue weighted by atomic mass is 16.6. The summed E-state index contributed by atoms with van der Waals surface area (Å²) in [6.45, 7) is 1.77. The van der Waals surface area contributed by atoms with Gasteiger partial charge in [0, 0.05) is 5.56 Å². The van der Waals surface area contributed by atoms with Gasteiger partial charge in [-0.15, -0.1) is 5.06 Å². The number of hydrogen-bond acceptors (Lipinski definition) is 4. The fourth-order valence-corrected chi connectivity index (χ4v) is 0.994. The van der Waals surface area contributed by atoms with Gasteiger partial charge in [0.15, 0.2) is 5.84 Å². The Labute approximate surface area is 87.4 Å². The number of amides is 1. The quantitative estimate of drug-likeness (QED) is 0.337. The second-order valence-electron chi connectivity index (χ2n) is 2.73. The molecule has 0 aliphatic rings. The standard InChI is InChI=1S/C10H12N2O3/c1-2-15-10(13)12(14)9(11)8-6-4-3-5-7-8/h3-7,11,14H,2H2,1H3. The molecule has 1 amide bonds. The third-order valence-corrected chi connectivity index (χ3v) is 1.70. The van der Waals surface area contributed by atoms with Crippen LogP contribution in [0.3, 0.4) is 0 Å². The molecule has 0 saturated heterocycles. The molecule has 15 heavy (non-hydrogen) atoms. The number of hydroxylamine groups is 2. The van der Waals surface area contributed by atoms with Crippen molar-refractivity contribution >= 4 is 11.9 Å². The fraction of sp³-hybridized carbons (Fsp3) is 0.200. The molecule has 0 radical (unpaired) electrons. The van der Waals surface area contributed by atoms with Crippen molar-refractivity contribution in [2.75, 3.05) is 6.61 Å². The summed E-state index contributed by atoms with van der Waals surface area (Å²) < 4.78 is 4.54. The van der Waals surface area contributed by atoms with Crippen LogP contribution in [0, 0.1) is 5.41 Å². The van der Waals surface area contributed by atoms with Crippen LogP contribution in [0.2, 0.25) is 0 Å². The Morgan fingerprint density at radius 1 is 1.47 bits per heavy atom. The van der Waals surface area contributed by atoms with Crippen LogP contribution in [0.15, 0.2) is 30.3 Å². The second kappa shape index (κ2) is 5.11. The maximum Gasteiger partial charge on any atom is 0.440 e. The SMILES string of the molecule is CCOC(=O)N(O)C(=N)c1ccccc1. The largest absolute Gasteiger partial charge is 0.448 e. The summed E-state index contributed by atoms with van der Waals surface area (Å²) >= 11 is 0. The molecule has 0 aliphatic carbocycles. The van der Waals surface area contributed by atoms with Gasteiger partial charge in [-0.1, -0.05) is 30.3 Å². The van der Waals surface area contributed by atoms with E-state index in [-0.39, 0.29) is 17.5 Å². The average molecular weight is 208 g/mol. The molecule has 0 fully saturated rings. The molecule has 0 aliphatic heterocycles. The normalized spacial score (nSPS) is 9.47. The van der Waals surface area contributed by atoms with Gasteiger partial charge in [-0.2, -0.15) is 0 Å². The summed E-state index contributed by atoms with van der Waals surface area (Å²) in [7, 11) is 0. The Bertz CT molecular complexity index is 351. The zero-order chi connectivity index (χ0) is 11.3. The van der Waals surface area contributed by atoms with Gasteiger partial charge >= 0.3 is 6.09 Å². The summed E-state index contributed by atoms with van der Waals surface area (Å²) in [4.78, 5) is 11.1. The van der Waals surface area contributed by atoms with Gasteiger partial charge < -0.3 is 4.74 Å². The van der Waals surface area contributed by atoms with Crippen molar-refractivity contribution in [3.8, 4) is 0 Å². The summed E-state index contributed by atoms with van der Waals surface area (Å²) in [6, 6.07) is 8.43. The number of nitrogens with one attached hydrogen (secondary N) is 1.